The van der Waals surface area contributed by atoms with E-state index >= 15 is 0 Å². The van der Waals surface area contributed by atoms with Gasteiger partial charge in [0.05, 0.1) is 20.1 Å². The zero-order valence-electron chi connectivity index (χ0n) is 29.0. The SMILES string of the molecule is C.CC(C)c1cc(Oc2c(Cl)cc(NC(=O)CC(=O)O)cc2Cl)ccc1O.Cc1c(NC(=O)CC(=O)O)cc(Cl)c(Oc2ccc(O)c(C(C)C)c2)c1Cl. The number of carboxylic acid groups (broad SMARTS) is 2. The van der Waals surface area contributed by atoms with Gasteiger partial charge in [0.2, 0.25) is 11.8 Å². The number of carbonyl (C=O) groups excluding carboxylic acids is 2. The first-order valence-corrected chi connectivity index (χ1v) is 17.3. The van der Waals surface area contributed by atoms with Gasteiger partial charge in [-0.1, -0.05) is 81.5 Å². The van der Waals surface area contributed by atoms with Crippen molar-refractivity contribution in [2.75, 3.05) is 10.6 Å². The Hall–Kier alpha value is -4.88. The monoisotopic (exact) mass is 824 g/mol. The van der Waals surface area contributed by atoms with Gasteiger partial charge < -0.3 is 40.5 Å². The van der Waals surface area contributed by atoms with E-state index in [1.807, 2.05) is 27.7 Å². The number of hydrogen-bond donors (Lipinski definition) is 6. The van der Waals surface area contributed by atoms with Gasteiger partial charge in [0.15, 0.2) is 11.5 Å². The van der Waals surface area contributed by atoms with Crippen LogP contribution in [0.5, 0.6) is 34.5 Å². The van der Waals surface area contributed by atoms with Gasteiger partial charge in [-0.2, -0.15) is 0 Å². The minimum Gasteiger partial charge on any atom is -0.508 e. The Bertz CT molecular complexity index is 2010. The van der Waals surface area contributed by atoms with Gasteiger partial charge in [-0.05, 0) is 78.9 Å². The number of phenols is 2. The summed E-state index contributed by atoms with van der Waals surface area (Å²) in [5.41, 5.74) is 2.48. The van der Waals surface area contributed by atoms with Crippen LogP contribution < -0.4 is 20.1 Å². The van der Waals surface area contributed by atoms with E-state index in [2.05, 4.69) is 10.6 Å². The summed E-state index contributed by atoms with van der Waals surface area (Å²) in [6, 6.07) is 13.9. The smallest absolute Gasteiger partial charge is 0.312 e. The Balaban J connectivity index is 0.000000367. The van der Waals surface area contributed by atoms with Crippen LogP contribution in [0.25, 0.3) is 0 Å². The lowest BCUT2D eigenvalue weighted by Crippen LogP contribution is -2.16. The van der Waals surface area contributed by atoms with Crippen LogP contribution in [0.1, 0.15) is 76.5 Å². The van der Waals surface area contributed by atoms with Gasteiger partial charge in [-0.3, -0.25) is 19.2 Å². The van der Waals surface area contributed by atoms with E-state index < -0.39 is 36.6 Å². The number of phenolic OH excluding ortho intramolecular Hbond substituents is 2. The van der Waals surface area contributed by atoms with Crippen molar-refractivity contribution in [3.8, 4) is 34.5 Å². The second kappa shape index (κ2) is 20.0. The average molecular weight is 827 g/mol. The van der Waals surface area contributed by atoms with E-state index in [0.717, 1.165) is 0 Å². The highest BCUT2D eigenvalue weighted by molar-refractivity contribution is 6.38. The van der Waals surface area contributed by atoms with Crippen molar-refractivity contribution in [3.63, 3.8) is 0 Å². The molecular formula is C38H40Cl4N2O10. The van der Waals surface area contributed by atoms with Crippen LogP contribution in [0.15, 0.2) is 54.6 Å². The molecule has 0 unspecified atom stereocenters. The van der Waals surface area contributed by atoms with E-state index in [-0.39, 0.29) is 68.0 Å². The number of rotatable bonds is 12. The maximum absolute atomic E-state index is 11.7. The second-order valence-electron chi connectivity index (χ2n) is 12.1. The molecule has 0 saturated heterocycles. The summed E-state index contributed by atoms with van der Waals surface area (Å²) in [6.45, 7) is 9.41. The Morgan fingerprint density at radius 2 is 1.06 bits per heavy atom. The van der Waals surface area contributed by atoms with Gasteiger partial charge in [0.25, 0.3) is 0 Å². The number of aromatic hydroxyl groups is 2. The fourth-order valence-corrected chi connectivity index (χ4v) is 5.77. The number of ether oxygens (including phenoxy) is 2. The minimum absolute atomic E-state index is 0. The molecule has 0 bridgehead atoms. The molecule has 0 heterocycles. The molecule has 0 saturated carbocycles. The normalized spacial score (nSPS) is 10.5. The summed E-state index contributed by atoms with van der Waals surface area (Å²) in [7, 11) is 0. The van der Waals surface area contributed by atoms with Crippen LogP contribution in [-0.4, -0.2) is 44.2 Å². The number of benzene rings is 4. The Labute approximate surface area is 332 Å². The number of halogens is 4. The van der Waals surface area contributed by atoms with Crippen molar-refractivity contribution >= 4 is 81.5 Å². The molecule has 54 heavy (non-hydrogen) atoms. The molecule has 4 aromatic carbocycles. The Kier molecular flexibility index (Phi) is 16.8. The fraction of sp³-hybridized carbons (Fsp3) is 0.263. The van der Waals surface area contributed by atoms with E-state index in [0.29, 0.717) is 33.9 Å². The maximum atomic E-state index is 11.7. The molecule has 290 valence electrons. The molecule has 0 aromatic heterocycles. The van der Waals surface area contributed by atoms with Crippen LogP contribution in [0, 0.1) is 6.92 Å². The molecule has 2 amide bonds. The van der Waals surface area contributed by atoms with Crippen LogP contribution in [0.3, 0.4) is 0 Å². The van der Waals surface area contributed by atoms with Crippen molar-refractivity contribution in [2.24, 2.45) is 0 Å². The first kappa shape index (κ1) is 45.3. The number of aliphatic carboxylic acids is 2. The number of amides is 2. The first-order chi connectivity index (χ1) is 24.8. The molecule has 0 aliphatic heterocycles. The molecule has 0 atom stereocenters. The van der Waals surface area contributed by atoms with Crippen LogP contribution in [0.4, 0.5) is 11.4 Å². The zero-order chi connectivity index (χ0) is 39.7. The number of carboxylic acids is 2. The van der Waals surface area contributed by atoms with E-state index in [1.54, 1.807) is 31.2 Å². The van der Waals surface area contributed by atoms with Gasteiger partial charge in [0, 0.05) is 22.5 Å². The molecular weight excluding hydrogens is 786 g/mol. The lowest BCUT2D eigenvalue weighted by Gasteiger charge is -2.16. The third kappa shape index (κ3) is 12.6. The lowest BCUT2D eigenvalue weighted by molar-refractivity contribution is -0.141. The first-order valence-electron chi connectivity index (χ1n) is 15.8. The summed E-state index contributed by atoms with van der Waals surface area (Å²) < 4.78 is 11.5. The van der Waals surface area contributed by atoms with E-state index in [9.17, 15) is 29.4 Å². The highest BCUT2D eigenvalue weighted by Gasteiger charge is 2.19. The lowest BCUT2D eigenvalue weighted by atomic mass is 10.0. The topological polar surface area (TPSA) is 192 Å². The maximum Gasteiger partial charge on any atom is 0.312 e. The largest absolute Gasteiger partial charge is 0.508 e. The predicted molar refractivity (Wildman–Crippen MR) is 211 cm³/mol. The van der Waals surface area contributed by atoms with Gasteiger partial charge >= 0.3 is 11.9 Å². The third-order valence-electron chi connectivity index (χ3n) is 7.28. The van der Waals surface area contributed by atoms with Crippen molar-refractivity contribution in [3.05, 3.63) is 91.4 Å². The van der Waals surface area contributed by atoms with Gasteiger partial charge in [-0.15, -0.1) is 0 Å². The molecule has 0 radical (unpaired) electrons. The minimum atomic E-state index is -1.24. The Morgan fingerprint density at radius 1 is 0.648 bits per heavy atom. The highest BCUT2D eigenvalue weighted by Crippen LogP contribution is 2.43. The summed E-state index contributed by atoms with van der Waals surface area (Å²) in [6.07, 6.45) is -1.34. The number of anilines is 2. The molecule has 0 aliphatic rings. The summed E-state index contributed by atoms with van der Waals surface area (Å²) in [4.78, 5) is 44.4. The number of hydrogen-bond acceptors (Lipinski definition) is 8. The third-order valence-corrected chi connectivity index (χ3v) is 8.58. The number of carbonyl (C=O) groups is 4. The summed E-state index contributed by atoms with van der Waals surface area (Å²) in [5.74, 6) is -2.07. The van der Waals surface area contributed by atoms with Gasteiger partial charge in [0.1, 0.15) is 35.8 Å². The molecule has 4 rings (SSSR count). The van der Waals surface area contributed by atoms with Crippen LogP contribution in [-0.2, 0) is 19.2 Å². The van der Waals surface area contributed by atoms with Crippen LogP contribution >= 0.6 is 46.4 Å². The summed E-state index contributed by atoms with van der Waals surface area (Å²) >= 11 is 25.0. The Morgan fingerprint density at radius 3 is 1.48 bits per heavy atom. The molecule has 6 N–H and O–H groups in total. The van der Waals surface area contributed by atoms with E-state index in [1.165, 1.54) is 30.3 Å². The standard InChI is InChI=1S/C19H19Cl2NO5.C18H17Cl2NO5.CH4/c1-9(2)12-6-11(4-5-15(12)23)27-19-13(20)7-14(10(3)18(19)21)22-16(24)8-17(25)26;1-9(2)12-7-11(3-4-15(12)22)26-18-13(19)5-10(6-14(18)20)21-16(23)8-17(24)25;/h4-7,9,23H,8H2,1-3H3,(H,22,24)(H,25,26);3-7,9,22H,8H2,1-2H3,(H,21,23)(H,24,25);1H4. The van der Waals surface area contributed by atoms with Crippen molar-refractivity contribution in [1.29, 1.82) is 0 Å². The highest BCUT2D eigenvalue weighted by atomic mass is 35.5. The van der Waals surface area contributed by atoms with Crippen molar-refractivity contribution in [2.45, 2.75) is 66.7 Å². The predicted octanol–water partition coefficient (Wildman–Crippen LogP) is 11.0. The molecule has 12 nitrogen and oxygen atoms in total. The fourth-order valence-electron chi connectivity index (χ4n) is 4.67. The molecule has 4 aromatic rings. The average Bonchev–Trinajstić information content (AvgIpc) is 3.04. The summed E-state index contributed by atoms with van der Waals surface area (Å²) in [5, 5.41) is 42.6. The molecule has 0 spiro atoms. The number of nitrogens with one attached hydrogen (secondary N) is 2. The van der Waals surface area contributed by atoms with Crippen LogP contribution in [0.2, 0.25) is 20.1 Å². The zero-order valence-corrected chi connectivity index (χ0v) is 32.0. The molecule has 16 heteroatoms. The quantitative estimate of drug-likeness (QED) is 0.0749. The molecule has 0 fully saturated rings. The van der Waals surface area contributed by atoms with Gasteiger partial charge in [-0.25, -0.2) is 0 Å². The molecule has 0 aliphatic carbocycles. The second-order valence-corrected chi connectivity index (χ2v) is 13.7. The van der Waals surface area contributed by atoms with Crippen molar-refractivity contribution < 1.29 is 49.1 Å². The van der Waals surface area contributed by atoms with Crippen molar-refractivity contribution in [1.82, 2.24) is 0 Å². The van der Waals surface area contributed by atoms with E-state index in [4.69, 9.17) is 66.1 Å².